The maximum Gasteiger partial charge on any atom is 0.336 e. The molecule has 2 aromatic rings. The summed E-state index contributed by atoms with van der Waals surface area (Å²) in [6.45, 7) is 0. The van der Waals surface area contributed by atoms with E-state index in [-0.39, 0.29) is 11.3 Å². The van der Waals surface area contributed by atoms with Crippen molar-refractivity contribution in [3.8, 4) is 22.9 Å². The third-order valence-electron chi connectivity index (χ3n) is 2.54. The van der Waals surface area contributed by atoms with Crippen LogP contribution in [-0.4, -0.2) is 16.2 Å². The van der Waals surface area contributed by atoms with E-state index in [1.807, 2.05) is 6.07 Å². The standard InChI is InChI=1S/C14H9NO3/c15-8-9-2-1-3-10(6-9)13-7-11(16)4-5-12(13)14(17)18/h1-7,16H,(H,17,18). The second-order valence-electron chi connectivity index (χ2n) is 3.73. The lowest BCUT2D eigenvalue weighted by molar-refractivity contribution is 0.0697. The largest absolute Gasteiger partial charge is 0.508 e. The summed E-state index contributed by atoms with van der Waals surface area (Å²) in [6, 6.07) is 12.6. The molecule has 0 heterocycles. The van der Waals surface area contributed by atoms with Gasteiger partial charge < -0.3 is 10.2 Å². The van der Waals surface area contributed by atoms with Crippen molar-refractivity contribution in [2.45, 2.75) is 0 Å². The molecule has 18 heavy (non-hydrogen) atoms. The van der Waals surface area contributed by atoms with Gasteiger partial charge in [-0.2, -0.15) is 5.26 Å². The fraction of sp³-hybridized carbons (Fsp3) is 0. The first-order valence-electron chi connectivity index (χ1n) is 5.18. The van der Waals surface area contributed by atoms with Gasteiger partial charge in [-0.3, -0.25) is 0 Å². The lowest BCUT2D eigenvalue weighted by atomic mass is 9.98. The van der Waals surface area contributed by atoms with Crippen molar-refractivity contribution in [2.75, 3.05) is 0 Å². The molecule has 0 fully saturated rings. The Balaban J connectivity index is 2.66. The van der Waals surface area contributed by atoms with Gasteiger partial charge in [-0.05, 0) is 41.5 Å². The third kappa shape index (κ3) is 2.15. The summed E-state index contributed by atoms with van der Waals surface area (Å²) in [6.07, 6.45) is 0. The zero-order valence-electron chi connectivity index (χ0n) is 9.29. The molecule has 4 heteroatoms. The molecule has 2 rings (SSSR count). The SMILES string of the molecule is N#Cc1cccc(-c2cc(O)ccc2C(=O)O)c1. The fourth-order valence-corrected chi connectivity index (χ4v) is 1.71. The molecule has 0 bridgehead atoms. The number of carboxylic acid groups (broad SMARTS) is 1. The number of nitriles is 1. The molecule has 2 aromatic carbocycles. The topological polar surface area (TPSA) is 81.3 Å². The van der Waals surface area contributed by atoms with Gasteiger partial charge in [0.25, 0.3) is 0 Å². The molecular formula is C14H9NO3. The number of rotatable bonds is 2. The molecule has 4 nitrogen and oxygen atoms in total. The number of carbonyl (C=O) groups is 1. The molecule has 2 N–H and O–H groups in total. The first kappa shape index (κ1) is 11.7. The Morgan fingerprint density at radius 1 is 1.17 bits per heavy atom. The highest BCUT2D eigenvalue weighted by Crippen LogP contribution is 2.28. The van der Waals surface area contributed by atoms with Gasteiger partial charge in [0.15, 0.2) is 0 Å². The summed E-state index contributed by atoms with van der Waals surface area (Å²) in [4.78, 5) is 11.1. The molecule has 0 aliphatic rings. The van der Waals surface area contributed by atoms with E-state index in [4.69, 9.17) is 10.4 Å². The van der Waals surface area contributed by atoms with E-state index in [1.54, 1.807) is 24.3 Å². The summed E-state index contributed by atoms with van der Waals surface area (Å²) in [5, 5.41) is 27.4. The molecule has 0 atom stereocenters. The Bertz CT molecular complexity index is 656. The van der Waals surface area contributed by atoms with Crippen LogP contribution in [0.15, 0.2) is 42.5 Å². The van der Waals surface area contributed by atoms with Gasteiger partial charge in [-0.15, -0.1) is 0 Å². The average molecular weight is 239 g/mol. The molecule has 0 aliphatic heterocycles. The van der Waals surface area contributed by atoms with Crippen LogP contribution in [0, 0.1) is 11.3 Å². The first-order chi connectivity index (χ1) is 8.61. The van der Waals surface area contributed by atoms with Crippen LogP contribution in [0.4, 0.5) is 0 Å². The average Bonchev–Trinajstić information content (AvgIpc) is 2.38. The number of hydrogen-bond acceptors (Lipinski definition) is 3. The van der Waals surface area contributed by atoms with Gasteiger partial charge in [-0.1, -0.05) is 12.1 Å². The van der Waals surface area contributed by atoms with Gasteiger partial charge in [0.2, 0.25) is 0 Å². The zero-order chi connectivity index (χ0) is 13.1. The number of aromatic carboxylic acids is 1. The number of phenols is 1. The molecule has 0 saturated carbocycles. The molecule has 0 aliphatic carbocycles. The number of benzene rings is 2. The van der Waals surface area contributed by atoms with Crippen LogP contribution in [0.5, 0.6) is 5.75 Å². The highest BCUT2D eigenvalue weighted by Gasteiger charge is 2.12. The Labute approximate surface area is 103 Å². The smallest absolute Gasteiger partial charge is 0.336 e. The van der Waals surface area contributed by atoms with Crippen LogP contribution < -0.4 is 0 Å². The molecule has 0 aromatic heterocycles. The maximum absolute atomic E-state index is 11.1. The maximum atomic E-state index is 11.1. The molecule has 0 saturated heterocycles. The van der Waals surface area contributed by atoms with Gasteiger partial charge >= 0.3 is 5.97 Å². The van der Waals surface area contributed by atoms with Crippen molar-refractivity contribution < 1.29 is 15.0 Å². The third-order valence-corrected chi connectivity index (χ3v) is 2.54. The zero-order valence-corrected chi connectivity index (χ0v) is 9.29. The quantitative estimate of drug-likeness (QED) is 0.844. The van der Waals surface area contributed by atoms with Crippen LogP contribution in [-0.2, 0) is 0 Å². The highest BCUT2D eigenvalue weighted by molar-refractivity contribution is 5.96. The number of hydrogen-bond donors (Lipinski definition) is 2. The predicted octanol–water partition coefficient (Wildman–Crippen LogP) is 2.63. The summed E-state index contributed by atoms with van der Waals surface area (Å²) >= 11 is 0. The lowest BCUT2D eigenvalue weighted by Crippen LogP contribution is -1.99. The van der Waals surface area contributed by atoms with Crippen molar-refractivity contribution in [3.63, 3.8) is 0 Å². The highest BCUT2D eigenvalue weighted by atomic mass is 16.4. The summed E-state index contributed by atoms with van der Waals surface area (Å²) < 4.78 is 0. The van der Waals surface area contributed by atoms with E-state index in [1.165, 1.54) is 18.2 Å². The monoisotopic (exact) mass is 239 g/mol. The lowest BCUT2D eigenvalue weighted by Gasteiger charge is -2.07. The second-order valence-corrected chi connectivity index (χ2v) is 3.73. The van der Waals surface area contributed by atoms with E-state index in [0.29, 0.717) is 16.7 Å². The number of nitrogens with zero attached hydrogens (tertiary/aromatic N) is 1. The number of aromatic hydroxyl groups is 1. The minimum Gasteiger partial charge on any atom is -0.508 e. The summed E-state index contributed by atoms with van der Waals surface area (Å²) in [7, 11) is 0. The van der Waals surface area contributed by atoms with E-state index < -0.39 is 5.97 Å². The molecule has 0 spiro atoms. The molecular weight excluding hydrogens is 230 g/mol. The number of carboxylic acids is 1. The Hall–Kier alpha value is -2.80. The minimum atomic E-state index is -1.08. The van der Waals surface area contributed by atoms with E-state index in [0.717, 1.165) is 0 Å². The van der Waals surface area contributed by atoms with Crippen molar-refractivity contribution in [3.05, 3.63) is 53.6 Å². The normalized spacial score (nSPS) is 9.72. The van der Waals surface area contributed by atoms with Crippen LogP contribution in [0.2, 0.25) is 0 Å². The van der Waals surface area contributed by atoms with Gasteiger partial charge in [0.1, 0.15) is 5.75 Å². The van der Waals surface area contributed by atoms with Gasteiger partial charge in [-0.25, -0.2) is 4.79 Å². The van der Waals surface area contributed by atoms with E-state index in [9.17, 15) is 9.90 Å². The molecule has 88 valence electrons. The molecule has 0 amide bonds. The Morgan fingerprint density at radius 2 is 1.94 bits per heavy atom. The van der Waals surface area contributed by atoms with Gasteiger partial charge in [0, 0.05) is 0 Å². The Morgan fingerprint density at radius 3 is 2.61 bits per heavy atom. The van der Waals surface area contributed by atoms with Crippen molar-refractivity contribution in [2.24, 2.45) is 0 Å². The number of phenolic OH excluding ortho intramolecular Hbond substituents is 1. The molecule has 0 radical (unpaired) electrons. The van der Waals surface area contributed by atoms with Crippen LogP contribution >= 0.6 is 0 Å². The van der Waals surface area contributed by atoms with Gasteiger partial charge in [0.05, 0.1) is 17.2 Å². The second kappa shape index (κ2) is 4.60. The summed E-state index contributed by atoms with van der Waals surface area (Å²) in [5.74, 6) is -1.09. The van der Waals surface area contributed by atoms with E-state index in [2.05, 4.69) is 0 Å². The minimum absolute atomic E-state index is 0.0163. The summed E-state index contributed by atoms with van der Waals surface area (Å²) in [5.41, 5.74) is 1.50. The van der Waals surface area contributed by atoms with Crippen LogP contribution in [0.1, 0.15) is 15.9 Å². The predicted molar refractivity (Wildman–Crippen MR) is 65.2 cm³/mol. The van der Waals surface area contributed by atoms with Crippen LogP contribution in [0.3, 0.4) is 0 Å². The van der Waals surface area contributed by atoms with Crippen molar-refractivity contribution in [1.29, 1.82) is 5.26 Å². The van der Waals surface area contributed by atoms with Crippen LogP contribution in [0.25, 0.3) is 11.1 Å². The van der Waals surface area contributed by atoms with Crippen molar-refractivity contribution in [1.82, 2.24) is 0 Å². The van der Waals surface area contributed by atoms with Crippen molar-refractivity contribution >= 4 is 5.97 Å². The fourth-order valence-electron chi connectivity index (χ4n) is 1.71. The Kier molecular flexibility index (Phi) is 2.98. The van der Waals surface area contributed by atoms with E-state index >= 15 is 0 Å². The molecule has 0 unspecified atom stereocenters. The first-order valence-corrected chi connectivity index (χ1v) is 5.18.